The largest absolute Gasteiger partial charge is 0.463 e. The summed E-state index contributed by atoms with van der Waals surface area (Å²) >= 11 is 0. The van der Waals surface area contributed by atoms with E-state index >= 15 is 0 Å². The molecule has 0 radical (unpaired) electrons. The van der Waals surface area contributed by atoms with Gasteiger partial charge in [0.25, 0.3) is 0 Å². The van der Waals surface area contributed by atoms with Crippen molar-refractivity contribution in [1.29, 1.82) is 0 Å². The van der Waals surface area contributed by atoms with Gasteiger partial charge in [0.15, 0.2) is 0 Å². The number of ether oxygens (including phenoxy) is 3. The van der Waals surface area contributed by atoms with E-state index in [0.717, 1.165) is 61.2 Å². The lowest BCUT2D eigenvalue weighted by Crippen LogP contribution is -2.54. The number of unbranched alkanes of at least 4 members (excludes halogenated alkanes) is 8. The van der Waals surface area contributed by atoms with Crippen molar-refractivity contribution in [3.63, 3.8) is 0 Å². The highest BCUT2D eigenvalue weighted by atomic mass is 16.6. The molecule has 56 heavy (non-hydrogen) atoms. The Bertz CT molecular complexity index is 1160. The Hall–Kier alpha value is -1.40. The average Bonchev–Trinajstić information content (AvgIpc) is 3.53. The standard InChI is InChI=1S/C50H89NO5/c1-9-11-12-13-14-15-16-17-18-22-39(6)51-46(27-28-47(52)55-35-34-54-33-10-2)48(53)56-41-29-31-49(7)40(36-41)23-24-42-44-26-25-43(38(5)21-19-20-37(3)4)50(44,8)32-30-45(42)49/h10,37-46,51H,2,9,11-36H2,1,3-8H3. The molecule has 6 heteroatoms. The molecule has 0 aromatic heterocycles. The van der Waals surface area contributed by atoms with Crippen molar-refractivity contribution in [2.45, 2.75) is 221 Å². The predicted molar refractivity (Wildman–Crippen MR) is 232 cm³/mol. The summed E-state index contributed by atoms with van der Waals surface area (Å²) in [5, 5.41) is 3.61. The van der Waals surface area contributed by atoms with E-state index in [0.29, 0.717) is 36.4 Å². The van der Waals surface area contributed by atoms with E-state index in [1.807, 2.05) is 0 Å². The zero-order valence-electron chi connectivity index (χ0n) is 37.7. The second kappa shape index (κ2) is 24.0. The summed E-state index contributed by atoms with van der Waals surface area (Å²) in [6, 6.07) is -0.322. The van der Waals surface area contributed by atoms with Gasteiger partial charge in [-0.05, 0) is 130 Å². The second-order valence-corrected chi connectivity index (χ2v) is 20.4. The lowest BCUT2D eigenvalue weighted by Gasteiger charge is -2.61. The van der Waals surface area contributed by atoms with Crippen LogP contribution in [0.2, 0.25) is 0 Å². The number of fused-ring (bicyclic) bond motifs is 5. The van der Waals surface area contributed by atoms with E-state index in [-0.39, 0.29) is 37.1 Å². The molecule has 324 valence electrons. The van der Waals surface area contributed by atoms with Gasteiger partial charge >= 0.3 is 11.9 Å². The van der Waals surface area contributed by atoms with Crippen molar-refractivity contribution >= 4 is 11.9 Å². The van der Waals surface area contributed by atoms with Crippen LogP contribution >= 0.6 is 0 Å². The molecule has 4 aliphatic rings. The van der Waals surface area contributed by atoms with Gasteiger partial charge in [-0.1, -0.05) is 125 Å². The van der Waals surface area contributed by atoms with Crippen LogP contribution < -0.4 is 5.32 Å². The quantitative estimate of drug-likeness (QED) is 0.0508. The first-order chi connectivity index (χ1) is 26.9. The number of carbonyl (C=O) groups is 2. The number of carbonyl (C=O) groups excluding carboxylic acids is 2. The van der Waals surface area contributed by atoms with Crippen molar-refractivity contribution < 1.29 is 23.8 Å². The Balaban J connectivity index is 1.29. The molecule has 0 spiro atoms. The van der Waals surface area contributed by atoms with E-state index in [1.165, 1.54) is 116 Å². The molecule has 0 heterocycles. The van der Waals surface area contributed by atoms with E-state index in [1.54, 1.807) is 6.08 Å². The third-order valence-corrected chi connectivity index (χ3v) is 16.0. The molecule has 1 N–H and O–H groups in total. The molecule has 6 nitrogen and oxygen atoms in total. The summed E-state index contributed by atoms with van der Waals surface area (Å²) in [6.45, 7) is 21.8. The fourth-order valence-electron chi connectivity index (χ4n) is 12.8. The Morgan fingerprint density at radius 1 is 0.768 bits per heavy atom. The van der Waals surface area contributed by atoms with Gasteiger partial charge in [-0.15, -0.1) is 6.58 Å². The number of hydrogen-bond acceptors (Lipinski definition) is 6. The van der Waals surface area contributed by atoms with Gasteiger partial charge < -0.3 is 19.5 Å². The lowest BCUT2D eigenvalue weighted by molar-refractivity contribution is -0.165. The normalized spacial score (nSPS) is 31.5. The average molecular weight is 784 g/mol. The van der Waals surface area contributed by atoms with Crippen molar-refractivity contribution in [1.82, 2.24) is 5.32 Å². The van der Waals surface area contributed by atoms with Gasteiger partial charge in [-0.25, -0.2) is 0 Å². The van der Waals surface area contributed by atoms with Crippen LogP contribution in [0.15, 0.2) is 12.7 Å². The van der Waals surface area contributed by atoms with Crippen molar-refractivity contribution in [3.05, 3.63) is 12.7 Å². The second-order valence-electron chi connectivity index (χ2n) is 20.4. The number of nitrogens with one attached hydrogen (secondary N) is 1. The van der Waals surface area contributed by atoms with E-state index in [9.17, 15) is 9.59 Å². The van der Waals surface area contributed by atoms with Gasteiger partial charge in [0, 0.05) is 12.5 Å². The van der Waals surface area contributed by atoms with E-state index < -0.39 is 6.04 Å². The number of esters is 2. The zero-order chi connectivity index (χ0) is 40.6. The maximum Gasteiger partial charge on any atom is 0.323 e. The van der Waals surface area contributed by atoms with Crippen LogP contribution in [0.5, 0.6) is 0 Å². The first-order valence-corrected chi connectivity index (χ1v) is 24.2. The van der Waals surface area contributed by atoms with Gasteiger partial charge in [-0.3, -0.25) is 9.59 Å². The van der Waals surface area contributed by atoms with Crippen LogP contribution in [0.25, 0.3) is 0 Å². The minimum absolute atomic E-state index is 0.0283. The smallest absolute Gasteiger partial charge is 0.323 e. The van der Waals surface area contributed by atoms with Crippen molar-refractivity contribution in [2.75, 3.05) is 19.8 Å². The molecule has 0 bridgehead atoms. The van der Waals surface area contributed by atoms with Crippen LogP contribution in [0.1, 0.15) is 203 Å². The first-order valence-electron chi connectivity index (χ1n) is 24.2. The number of rotatable bonds is 27. The number of hydrogen-bond donors (Lipinski definition) is 1. The van der Waals surface area contributed by atoms with Gasteiger partial charge in [-0.2, -0.15) is 0 Å². The zero-order valence-corrected chi connectivity index (χ0v) is 37.7. The molecule has 11 unspecified atom stereocenters. The molecular formula is C50H89NO5. The third-order valence-electron chi connectivity index (χ3n) is 16.0. The molecule has 0 aromatic rings. The maximum absolute atomic E-state index is 14.0. The molecule has 4 rings (SSSR count). The molecule has 11 atom stereocenters. The Morgan fingerprint density at radius 2 is 1.46 bits per heavy atom. The minimum Gasteiger partial charge on any atom is -0.463 e. The van der Waals surface area contributed by atoms with Crippen LogP contribution in [-0.4, -0.2) is 49.9 Å². The Labute approximate surface area is 345 Å². The van der Waals surface area contributed by atoms with Crippen LogP contribution in [0.3, 0.4) is 0 Å². The summed E-state index contributed by atoms with van der Waals surface area (Å²) in [7, 11) is 0. The first kappa shape index (κ1) is 47.3. The topological polar surface area (TPSA) is 73.9 Å². The van der Waals surface area contributed by atoms with Crippen LogP contribution in [0.4, 0.5) is 0 Å². The Morgan fingerprint density at radius 3 is 2.18 bits per heavy atom. The van der Waals surface area contributed by atoms with Crippen LogP contribution in [-0.2, 0) is 23.8 Å². The van der Waals surface area contributed by atoms with Gasteiger partial charge in [0.2, 0.25) is 0 Å². The molecule has 0 aliphatic heterocycles. The van der Waals surface area contributed by atoms with E-state index in [2.05, 4.69) is 60.4 Å². The maximum atomic E-state index is 14.0. The van der Waals surface area contributed by atoms with Gasteiger partial charge in [0.1, 0.15) is 18.8 Å². The fourth-order valence-corrected chi connectivity index (χ4v) is 12.8. The van der Waals surface area contributed by atoms with Crippen molar-refractivity contribution in [2.24, 2.45) is 52.3 Å². The monoisotopic (exact) mass is 784 g/mol. The lowest BCUT2D eigenvalue weighted by atomic mass is 9.44. The summed E-state index contributed by atoms with van der Waals surface area (Å²) in [4.78, 5) is 26.6. The van der Waals surface area contributed by atoms with Crippen molar-refractivity contribution in [3.8, 4) is 0 Å². The fraction of sp³-hybridized carbons (Fsp3) is 0.920. The predicted octanol–water partition coefficient (Wildman–Crippen LogP) is 12.8. The highest BCUT2D eigenvalue weighted by Crippen LogP contribution is 2.68. The van der Waals surface area contributed by atoms with E-state index in [4.69, 9.17) is 14.2 Å². The molecule has 0 amide bonds. The molecule has 0 saturated heterocycles. The summed E-state index contributed by atoms with van der Waals surface area (Å²) in [5.41, 5.74) is 0.877. The third kappa shape index (κ3) is 13.6. The SMILES string of the molecule is C=CCOCCOC(=O)CCC(NC(C)CCCCCCCCCCC)C(=O)OC1CCC2(C)C(CCC3C2CCC2(C)C(C(C)CCCC(C)C)CCC32)C1. The molecule has 0 aromatic carbocycles. The summed E-state index contributed by atoms with van der Waals surface area (Å²) < 4.78 is 17.2. The summed E-state index contributed by atoms with van der Waals surface area (Å²) in [6.07, 6.45) is 30.6. The minimum atomic E-state index is -0.503. The van der Waals surface area contributed by atoms with Gasteiger partial charge in [0.05, 0.1) is 13.2 Å². The molecule has 4 fully saturated rings. The summed E-state index contributed by atoms with van der Waals surface area (Å²) in [5.74, 6) is 5.30. The highest BCUT2D eigenvalue weighted by Gasteiger charge is 2.60. The molecule has 4 saturated carbocycles. The highest BCUT2D eigenvalue weighted by molar-refractivity contribution is 5.77. The Kier molecular flexibility index (Phi) is 20.3. The molecule has 4 aliphatic carbocycles. The molecular weight excluding hydrogens is 695 g/mol. The van der Waals surface area contributed by atoms with Crippen LogP contribution in [0, 0.1) is 52.3 Å².